The average molecular weight is 273 g/mol. The molecule has 0 saturated heterocycles. The van der Waals surface area contributed by atoms with E-state index in [2.05, 4.69) is 25.3 Å². The number of rotatable bonds is 5. The zero-order chi connectivity index (χ0) is 14.7. The highest BCUT2D eigenvalue weighted by atomic mass is 16.5. The molecule has 1 aromatic carbocycles. The first-order valence-electron chi connectivity index (χ1n) is 7.17. The lowest BCUT2D eigenvalue weighted by atomic mass is 10.1. The number of nitrogen functional groups attached to an aromatic ring is 1. The highest BCUT2D eigenvalue weighted by Crippen LogP contribution is 2.31. The van der Waals surface area contributed by atoms with Gasteiger partial charge >= 0.3 is 0 Å². The van der Waals surface area contributed by atoms with Crippen LogP contribution in [-0.2, 0) is 6.54 Å². The smallest absolute Gasteiger partial charge is 0.131 e. The second-order valence-corrected chi connectivity index (χ2v) is 5.06. The van der Waals surface area contributed by atoms with Crippen LogP contribution in [0.25, 0.3) is 11.3 Å². The Hall–Kier alpha value is -1.97. The van der Waals surface area contributed by atoms with Crippen LogP contribution in [0.3, 0.4) is 0 Å². The summed E-state index contributed by atoms with van der Waals surface area (Å²) in [6.45, 7) is 9.81. The molecule has 20 heavy (non-hydrogen) atoms. The molecule has 0 spiro atoms. The Kier molecular flexibility index (Phi) is 4.32. The van der Waals surface area contributed by atoms with Crippen molar-refractivity contribution < 1.29 is 4.74 Å². The Labute approximate surface area is 120 Å². The zero-order valence-corrected chi connectivity index (χ0v) is 12.7. The number of nitrogens with two attached hydrogens (primary N) is 1. The van der Waals surface area contributed by atoms with Crippen LogP contribution in [-0.4, -0.2) is 16.2 Å². The third kappa shape index (κ3) is 2.64. The number of benzene rings is 1. The third-order valence-corrected chi connectivity index (χ3v) is 3.29. The van der Waals surface area contributed by atoms with Gasteiger partial charge in [-0.05, 0) is 26.0 Å². The van der Waals surface area contributed by atoms with E-state index < -0.39 is 0 Å². The fraction of sp³-hybridized carbons (Fsp3) is 0.438. The Morgan fingerprint density at radius 3 is 2.60 bits per heavy atom. The number of aromatic nitrogens is 2. The van der Waals surface area contributed by atoms with Crippen molar-refractivity contribution in [3.05, 3.63) is 30.1 Å². The Morgan fingerprint density at radius 2 is 2.05 bits per heavy atom. The highest BCUT2D eigenvalue weighted by Gasteiger charge is 2.17. The van der Waals surface area contributed by atoms with Crippen molar-refractivity contribution in [3.8, 4) is 17.0 Å². The molecule has 0 fully saturated rings. The summed E-state index contributed by atoms with van der Waals surface area (Å²) in [5.74, 6) is 2.95. The van der Waals surface area contributed by atoms with E-state index in [0.29, 0.717) is 12.5 Å². The second-order valence-electron chi connectivity index (χ2n) is 5.06. The molecule has 0 unspecified atom stereocenters. The first kappa shape index (κ1) is 14.4. The second kappa shape index (κ2) is 5.99. The summed E-state index contributed by atoms with van der Waals surface area (Å²) in [5, 5.41) is 0. The van der Waals surface area contributed by atoms with E-state index in [-0.39, 0.29) is 0 Å². The topological polar surface area (TPSA) is 53.1 Å². The molecule has 1 aromatic heterocycles. The van der Waals surface area contributed by atoms with Crippen LogP contribution in [0.2, 0.25) is 0 Å². The molecule has 0 aliphatic rings. The summed E-state index contributed by atoms with van der Waals surface area (Å²) in [5.41, 5.74) is 8.12. The fourth-order valence-corrected chi connectivity index (χ4v) is 2.37. The summed E-state index contributed by atoms with van der Waals surface area (Å²) in [7, 11) is 0. The summed E-state index contributed by atoms with van der Waals surface area (Å²) in [6, 6.07) is 7.93. The van der Waals surface area contributed by atoms with Gasteiger partial charge in [-0.25, -0.2) is 4.98 Å². The van der Waals surface area contributed by atoms with E-state index in [0.717, 1.165) is 35.2 Å². The van der Waals surface area contributed by atoms with E-state index >= 15 is 0 Å². The molecule has 2 aromatic rings. The minimum Gasteiger partial charge on any atom is -0.494 e. The molecule has 0 radical (unpaired) electrons. The van der Waals surface area contributed by atoms with E-state index in [1.807, 2.05) is 31.2 Å². The predicted octanol–water partition coefficient (Wildman–Crippen LogP) is 3.67. The van der Waals surface area contributed by atoms with Crippen LogP contribution < -0.4 is 10.5 Å². The Bertz CT molecular complexity index is 587. The number of anilines is 1. The minimum atomic E-state index is 0.348. The van der Waals surface area contributed by atoms with E-state index in [1.165, 1.54) is 0 Å². The van der Waals surface area contributed by atoms with Crippen molar-refractivity contribution in [1.82, 2.24) is 9.55 Å². The normalized spacial score (nSPS) is 11.1. The van der Waals surface area contributed by atoms with Crippen LogP contribution >= 0.6 is 0 Å². The average Bonchev–Trinajstić information content (AvgIpc) is 2.76. The van der Waals surface area contributed by atoms with Crippen LogP contribution in [0.1, 0.15) is 39.4 Å². The first-order chi connectivity index (χ1) is 9.58. The van der Waals surface area contributed by atoms with Gasteiger partial charge in [0.05, 0.1) is 6.61 Å². The minimum absolute atomic E-state index is 0.348. The van der Waals surface area contributed by atoms with Gasteiger partial charge in [0.2, 0.25) is 0 Å². The number of hydrogen-bond donors (Lipinski definition) is 1. The lowest BCUT2D eigenvalue weighted by Gasteiger charge is -2.08. The van der Waals surface area contributed by atoms with E-state index in [9.17, 15) is 0 Å². The first-order valence-corrected chi connectivity index (χ1v) is 7.17. The molecular weight excluding hydrogens is 250 g/mol. The third-order valence-electron chi connectivity index (χ3n) is 3.29. The van der Waals surface area contributed by atoms with Gasteiger partial charge in [-0.2, -0.15) is 0 Å². The molecular formula is C16H23N3O. The molecule has 0 aliphatic heterocycles. The van der Waals surface area contributed by atoms with Gasteiger partial charge < -0.3 is 15.0 Å². The quantitative estimate of drug-likeness (QED) is 0.904. The van der Waals surface area contributed by atoms with Crippen LogP contribution in [0, 0.1) is 0 Å². The summed E-state index contributed by atoms with van der Waals surface area (Å²) < 4.78 is 7.62. The molecule has 2 rings (SSSR count). The molecule has 2 N–H and O–H groups in total. The maximum atomic E-state index is 6.27. The molecule has 108 valence electrons. The molecule has 0 aliphatic carbocycles. The zero-order valence-electron chi connectivity index (χ0n) is 12.7. The van der Waals surface area contributed by atoms with Gasteiger partial charge in [-0.15, -0.1) is 0 Å². The van der Waals surface area contributed by atoms with Crippen molar-refractivity contribution >= 4 is 5.82 Å². The summed E-state index contributed by atoms with van der Waals surface area (Å²) in [6.07, 6.45) is 0. The standard InChI is InChI=1S/C16H23N3O/c1-5-19-15(17)14(18-16(19)11(3)4)12-8-7-9-13(10-12)20-6-2/h7-11H,5-6,17H2,1-4H3. The molecule has 1 heterocycles. The van der Waals surface area contributed by atoms with Crippen molar-refractivity contribution in [2.45, 2.75) is 40.2 Å². The highest BCUT2D eigenvalue weighted by molar-refractivity contribution is 5.72. The molecule has 4 heteroatoms. The van der Waals surface area contributed by atoms with E-state index in [4.69, 9.17) is 15.5 Å². The predicted molar refractivity (Wildman–Crippen MR) is 83.0 cm³/mol. The largest absolute Gasteiger partial charge is 0.494 e. The van der Waals surface area contributed by atoms with E-state index in [1.54, 1.807) is 0 Å². The van der Waals surface area contributed by atoms with Gasteiger partial charge in [0.15, 0.2) is 0 Å². The number of hydrogen-bond acceptors (Lipinski definition) is 3. The van der Waals surface area contributed by atoms with Gasteiger partial charge in [0, 0.05) is 18.0 Å². The molecule has 0 bridgehead atoms. The Morgan fingerprint density at radius 1 is 1.30 bits per heavy atom. The van der Waals surface area contributed by atoms with Crippen LogP contribution in [0.4, 0.5) is 5.82 Å². The van der Waals surface area contributed by atoms with Gasteiger partial charge in [0.25, 0.3) is 0 Å². The number of ether oxygens (including phenoxy) is 1. The number of nitrogens with zero attached hydrogens (tertiary/aromatic N) is 2. The van der Waals surface area contributed by atoms with Crippen LogP contribution in [0.15, 0.2) is 24.3 Å². The van der Waals surface area contributed by atoms with Gasteiger partial charge in [-0.3, -0.25) is 0 Å². The summed E-state index contributed by atoms with van der Waals surface area (Å²) in [4.78, 5) is 4.73. The van der Waals surface area contributed by atoms with Crippen molar-refractivity contribution in [1.29, 1.82) is 0 Å². The van der Waals surface area contributed by atoms with Gasteiger partial charge in [0.1, 0.15) is 23.1 Å². The lowest BCUT2D eigenvalue weighted by molar-refractivity contribution is 0.340. The maximum absolute atomic E-state index is 6.27. The molecule has 0 amide bonds. The fourth-order valence-electron chi connectivity index (χ4n) is 2.37. The molecule has 4 nitrogen and oxygen atoms in total. The lowest BCUT2D eigenvalue weighted by Crippen LogP contribution is -2.06. The summed E-state index contributed by atoms with van der Waals surface area (Å²) >= 11 is 0. The molecule has 0 saturated carbocycles. The maximum Gasteiger partial charge on any atom is 0.131 e. The number of imidazole rings is 1. The Balaban J connectivity index is 2.50. The van der Waals surface area contributed by atoms with Crippen molar-refractivity contribution in [2.75, 3.05) is 12.3 Å². The monoisotopic (exact) mass is 273 g/mol. The molecule has 0 atom stereocenters. The SMILES string of the molecule is CCOc1cccc(-c2nc(C(C)C)n(CC)c2N)c1. The van der Waals surface area contributed by atoms with Gasteiger partial charge in [-0.1, -0.05) is 26.0 Å². The van der Waals surface area contributed by atoms with Crippen molar-refractivity contribution in [3.63, 3.8) is 0 Å². The van der Waals surface area contributed by atoms with Crippen LogP contribution in [0.5, 0.6) is 5.75 Å². The van der Waals surface area contributed by atoms with Crippen molar-refractivity contribution in [2.24, 2.45) is 0 Å².